The molecule has 0 atom stereocenters. The third kappa shape index (κ3) is 5.80. The van der Waals surface area contributed by atoms with Crippen molar-refractivity contribution in [3.8, 4) is 16.9 Å². The number of carbonyl (C=O) groups is 1. The number of hydrogen-bond acceptors (Lipinski definition) is 5. The Morgan fingerprint density at radius 3 is 2.46 bits per heavy atom. The second kappa shape index (κ2) is 10.4. The summed E-state index contributed by atoms with van der Waals surface area (Å²) in [5.74, 6) is -0.188. The molecule has 0 spiro atoms. The Balaban J connectivity index is 1.26. The molecular formula is C26H22BrCl2N5O3. The first-order chi connectivity index (χ1) is 17.7. The number of nitrogens with zero attached hydrogens (tertiary/aromatic N) is 5. The Morgan fingerprint density at radius 1 is 1.03 bits per heavy atom. The number of benzene rings is 2. The van der Waals surface area contributed by atoms with E-state index < -0.39 is 5.60 Å². The van der Waals surface area contributed by atoms with Crippen molar-refractivity contribution < 1.29 is 9.90 Å². The van der Waals surface area contributed by atoms with Gasteiger partial charge < -0.3 is 10.0 Å². The van der Waals surface area contributed by atoms with E-state index in [2.05, 4.69) is 26.2 Å². The monoisotopic (exact) mass is 601 g/mol. The number of halogens is 3. The zero-order chi connectivity index (χ0) is 26.2. The molecule has 1 saturated heterocycles. The van der Waals surface area contributed by atoms with Gasteiger partial charge in [-0.15, -0.1) is 5.10 Å². The largest absolute Gasteiger partial charge is 0.388 e. The van der Waals surface area contributed by atoms with Gasteiger partial charge in [0.05, 0.1) is 23.9 Å². The maximum Gasteiger partial charge on any atom is 0.255 e. The van der Waals surface area contributed by atoms with Crippen molar-refractivity contribution in [3.05, 3.63) is 97.4 Å². The number of rotatable bonds is 5. The van der Waals surface area contributed by atoms with Crippen LogP contribution in [0.2, 0.25) is 10.0 Å². The first-order valence-corrected chi connectivity index (χ1v) is 13.1. The second-order valence-corrected chi connectivity index (χ2v) is 10.9. The van der Waals surface area contributed by atoms with Crippen LogP contribution in [0.4, 0.5) is 0 Å². The average Bonchev–Trinajstić information content (AvgIpc) is 3.32. The number of aliphatic hydroxyl groups is 1. The normalized spacial score (nSPS) is 15.1. The molecule has 190 valence electrons. The zero-order valence-electron chi connectivity index (χ0n) is 19.5. The Kier molecular flexibility index (Phi) is 7.22. The van der Waals surface area contributed by atoms with Crippen molar-refractivity contribution in [2.24, 2.45) is 0 Å². The van der Waals surface area contributed by atoms with Gasteiger partial charge in [-0.25, -0.2) is 4.68 Å². The van der Waals surface area contributed by atoms with E-state index >= 15 is 0 Å². The fourth-order valence-electron chi connectivity index (χ4n) is 4.42. The molecule has 0 aliphatic carbocycles. The Bertz CT molecular complexity index is 1510. The van der Waals surface area contributed by atoms with Crippen molar-refractivity contribution in [3.63, 3.8) is 0 Å². The van der Waals surface area contributed by atoms with E-state index in [1.807, 2.05) is 18.2 Å². The summed E-state index contributed by atoms with van der Waals surface area (Å²) in [5, 5.41) is 20.5. The topological polar surface area (TPSA) is 93.2 Å². The second-order valence-electron chi connectivity index (χ2n) is 9.08. The molecule has 5 rings (SSSR count). The molecule has 2 aromatic carbocycles. The first-order valence-electron chi connectivity index (χ1n) is 11.6. The number of piperidine rings is 1. The van der Waals surface area contributed by atoms with Crippen LogP contribution < -0.4 is 5.56 Å². The molecule has 1 amide bonds. The van der Waals surface area contributed by atoms with Gasteiger partial charge in [-0.3, -0.25) is 14.2 Å². The fourth-order valence-corrected chi connectivity index (χ4v) is 5.33. The molecule has 2 aromatic heterocycles. The van der Waals surface area contributed by atoms with Gasteiger partial charge in [-0.1, -0.05) is 50.4 Å². The van der Waals surface area contributed by atoms with E-state index in [0.717, 1.165) is 10.0 Å². The van der Waals surface area contributed by atoms with Crippen molar-refractivity contribution in [1.82, 2.24) is 24.5 Å². The third-order valence-electron chi connectivity index (χ3n) is 6.38. The maximum absolute atomic E-state index is 13.2. The van der Waals surface area contributed by atoms with Crippen molar-refractivity contribution in [2.45, 2.75) is 25.0 Å². The van der Waals surface area contributed by atoms with Crippen LogP contribution in [0.5, 0.6) is 0 Å². The molecule has 0 saturated carbocycles. The molecule has 0 radical (unpaired) electrons. The number of carbonyl (C=O) groups excluding carboxylic acids is 1. The first kappa shape index (κ1) is 25.7. The average molecular weight is 603 g/mol. The predicted octanol–water partition coefficient (Wildman–Crippen LogP) is 4.83. The van der Waals surface area contributed by atoms with Gasteiger partial charge in [0.1, 0.15) is 5.69 Å². The quantitative estimate of drug-likeness (QED) is 0.353. The Hall–Kier alpha value is -2.98. The van der Waals surface area contributed by atoms with E-state index in [0.29, 0.717) is 52.9 Å². The summed E-state index contributed by atoms with van der Waals surface area (Å²) in [7, 11) is 0. The van der Waals surface area contributed by atoms with E-state index in [9.17, 15) is 14.7 Å². The van der Waals surface area contributed by atoms with Crippen molar-refractivity contribution >= 4 is 45.0 Å². The summed E-state index contributed by atoms with van der Waals surface area (Å²) in [4.78, 5) is 27.3. The molecule has 1 aliphatic heterocycles. The lowest BCUT2D eigenvalue weighted by Gasteiger charge is -2.38. The van der Waals surface area contributed by atoms with Gasteiger partial charge in [0.2, 0.25) is 0 Å². The van der Waals surface area contributed by atoms with E-state index in [4.69, 9.17) is 23.2 Å². The Labute approximate surface area is 231 Å². The van der Waals surface area contributed by atoms with E-state index in [1.165, 1.54) is 10.6 Å². The highest BCUT2D eigenvalue weighted by molar-refractivity contribution is 9.10. The van der Waals surface area contributed by atoms with Crippen LogP contribution in [-0.4, -0.2) is 54.2 Å². The standard InChI is InChI=1S/C26H22BrCl2N5O3/c27-19-2-1-3-22(12-19)34-14-17(4-5-24(34)35)25(36)32-8-6-26(37,7-9-32)16-33-15-23(30-31-33)18-10-20(28)13-21(29)11-18/h1-5,10-15,37H,6-9,16H2. The van der Waals surface area contributed by atoms with Crippen LogP contribution in [-0.2, 0) is 6.54 Å². The maximum atomic E-state index is 13.2. The highest BCUT2D eigenvalue weighted by Crippen LogP contribution is 2.28. The molecular weight excluding hydrogens is 581 g/mol. The van der Waals surface area contributed by atoms with Gasteiger partial charge in [0.25, 0.3) is 11.5 Å². The molecule has 3 heterocycles. The summed E-state index contributed by atoms with van der Waals surface area (Å²) in [6.07, 6.45) is 4.05. The number of likely N-dealkylation sites (tertiary alicyclic amines) is 1. The molecule has 1 aliphatic rings. The number of amides is 1. The summed E-state index contributed by atoms with van der Waals surface area (Å²) in [6, 6.07) is 15.4. The highest BCUT2D eigenvalue weighted by Gasteiger charge is 2.35. The minimum absolute atomic E-state index is 0.188. The summed E-state index contributed by atoms with van der Waals surface area (Å²) in [6.45, 7) is 0.984. The summed E-state index contributed by atoms with van der Waals surface area (Å²) < 4.78 is 3.88. The molecule has 0 unspecified atom stereocenters. The van der Waals surface area contributed by atoms with Gasteiger partial charge in [0, 0.05) is 51.1 Å². The molecule has 1 N–H and O–H groups in total. The SMILES string of the molecule is O=C(c1ccc(=O)n(-c2cccc(Br)c2)c1)N1CCC(O)(Cn2cc(-c3cc(Cl)cc(Cl)c3)nn2)CC1. The summed E-state index contributed by atoms with van der Waals surface area (Å²) >= 11 is 15.6. The van der Waals surface area contributed by atoms with Crippen LogP contribution in [0.15, 0.2) is 76.3 Å². The lowest BCUT2D eigenvalue weighted by Crippen LogP contribution is -2.48. The van der Waals surface area contributed by atoms with Gasteiger partial charge in [-0.2, -0.15) is 0 Å². The zero-order valence-corrected chi connectivity index (χ0v) is 22.6. The van der Waals surface area contributed by atoms with Gasteiger partial charge >= 0.3 is 0 Å². The third-order valence-corrected chi connectivity index (χ3v) is 7.31. The number of hydrogen-bond donors (Lipinski definition) is 1. The van der Waals surface area contributed by atoms with Crippen molar-refractivity contribution in [1.29, 1.82) is 0 Å². The number of pyridine rings is 1. The van der Waals surface area contributed by atoms with Gasteiger partial charge in [-0.05, 0) is 55.3 Å². The van der Waals surface area contributed by atoms with E-state index in [-0.39, 0.29) is 18.0 Å². The van der Waals surface area contributed by atoms with Crippen LogP contribution in [0.3, 0.4) is 0 Å². The fraction of sp³-hybridized carbons (Fsp3) is 0.231. The number of aromatic nitrogens is 4. The molecule has 37 heavy (non-hydrogen) atoms. The summed E-state index contributed by atoms with van der Waals surface area (Å²) in [5.41, 5.74) is 1.14. The molecule has 8 nitrogen and oxygen atoms in total. The minimum atomic E-state index is -1.04. The smallest absolute Gasteiger partial charge is 0.255 e. The molecule has 1 fully saturated rings. The van der Waals surface area contributed by atoms with Gasteiger partial charge in [0.15, 0.2) is 0 Å². The van der Waals surface area contributed by atoms with Crippen molar-refractivity contribution in [2.75, 3.05) is 13.1 Å². The lowest BCUT2D eigenvalue weighted by atomic mass is 9.91. The highest BCUT2D eigenvalue weighted by atomic mass is 79.9. The van der Waals surface area contributed by atoms with E-state index in [1.54, 1.807) is 52.3 Å². The van der Waals surface area contributed by atoms with Crippen LogP contribution in [0.25, 0.3) is 16.9 Å². The van der Waals surface area contributed by atoms with Crippen LogP contribution >= 0.6 is 39.1 Å². The van der Waals surface area contributed by atoms with Crippen LogP contribution in [0.1, 0.15) is 23.2 Å². The minimum Gasteiger partial charge on any atom is -0.388 e. The Morgan fingerprint density at radius 2 is 1.76 bits per heavy atom. The predicted molar refractivity (Wildman–Crippen MR) is 145 cm³/mol. The molecule has 4 aromatic rings. The lowest BCUT2D eigenvalue weighted by molar-refractivity contribution is -0.0318. The van der Waals surface area contributed by atoms with Crippen LogP contribution in [0, 0.1) is 0 Å². The molecule has 11 heteroatoms. The molecule has 0 bridgehead atoms.